The minimum absolute atomic E-state index is 0.140. The van der Waals surface area contributed by atoms with Crippen LogP contribution in [0.5, 0.6) is 0 Å². The van der Waals surface area contributed by atoms with E-state index in [1.54, 1.807) is 6.07 Å². The number of hydrogen-bond acceptors (Lipinski definition) is 5. The van der Waals surface area contributed by atoms with Crippen molar-refractivity contribution >= 4 is 5.97 Å². The van der Waals surface area contributed by atoms with Crippen molar-refractivity contribution in [2.75, 3.05) is 39.8 Å². The summed E-state index contributed by atoms with van der Waals surface area (Å²) >= 11 is 0. The third-order valence-electron chi connectivity index (χ3n) is 3.69. The summed E-state index contributed by atoms with van der Waals surface area (Å²) in [5, 5.41) is 0. The predicted octanol–water partition coefficient (Wildman–Crippen LogP) is 1.38. The van der Waals surface area contributed by atoms with Crippen molar-refractivity contribution in [2.24, 2.45) is 0 Å². The zero-order valence-electron chi connectivity index (χ0n) is 12.0. The van der Waals surface area contributed by atoms with Gasteiger partial charge in [-0.1, -0.05) is 5.92 Å². The standard InChI is InChI=1S/C15H20N2O3/c1-4-7-16-8-10-17(11-9-16)12(2)13-5-6-14(20-13)15(18)19-3/h1,5-6,12H,7-11H2,2-3H3/t12-/m1/s1. The van der Waals surface area contributed by atoms with Gasteiger partial charge in [0.05, 0.1) is 19.7 Å². The first-order valence-electron chi connectivity index (χ1n) is 6.73. The van der Waals surface area contributed by atoms with Crippen LogP contribution in [-0.4, -0.2) is 55.6 Å². The predicted molar refractivity (Wildman–Crippen MR) is 75.3 cm³/mol. The Kier molecular flexibility index (Phi) is 4.83. The normalized spacial score (nSPS) is 18.4. The van der Waals surface area contributed by atoms with Crippen LogP contribution in [0, 0.1) is 12.3 Å². The van der Waals surface area contributed by atoms with Crippen LogP contribution in [0.25, 0.3) is 0 Å². The summed E-state index contributed by atoms with van der Waals surface area (Å²) in [5.41, 5.74) is 0. The molecule has 0 saturated carbocycles. The molecular weight excluding hydrogens is 256 g/mol. The largest absolute Gasteiger partial charge is 0.463 e. The van der Waals surface area contributed by atoms with E-state index in [1.165, 1.54) is 7.11 Å². The number of carbonyl (C=O) groups excluding carboxylic acids is 1. The Bertz CT molecular complexity index is 495. The number of ether oxygens (including phenoxy) is 1. The maximum absolute atomic E-state index is 11.4. The van der Waals surface area contributed by atoms with Gasteiger partial charge in [0.1, 0.15) is 5.76 Å². The average Bonchev–Trinajstić information content (AvgIpc) is 2.96. The summed E-state index contributed by atoms with van der Waals surface area (Å²) in [4.78, 5) is 16.0. The number of hydrogen-bond donors (Lipinski definition) is 0. The second-order valence-electron chi connectivity index (χ2n) is 4.89. The topological polar surface area (TPSA) is 45.9 Å². The zero-order valence-corrected chi connectivity index (χ0v) is 12.0. The summed E-state index contributed by atoms with van der Waals surface area (Å²) in [6.07, 6.45) is 5.33. The molecule has 0 bridgehead atoms. The molecule has 0 amide bonds. The van der Waals surface area contributed by atoms with Gasteiger partial charge in [0, 0.05) is 26.2 Å². The van der Waals surface area contributed by atoms with E-state index < -0.39 is 5.97 Å². The highest BCUT2D eigenvalue weighted by atomic mass is 16.5. The van der Waals surface area contributed by atoms with E-state index in [0.29, 0.717) is 6.54 Å². The molecule has 20 heavy (non-hydrogen) atoms. The van der Waals surface area contributed by atoms with Gasteiger partial charge in [-0.05, 0) is 19.1 Å². The Morgan fingerprint density at radius 1 is 1.45 bits per heavy atom. The maximum Gasteiger partial charge on any atom is 0.373 e. The molecule has 5 nitrogen and oxygen atoms in total. The van der Waals surface area contributed by atoms with Crippen molar-refractivity contribution in [1.82, 2.24) is 9.80 Å². The van der Waals surface area contributed by atoms with Crippen LogP contribution in [0.2, 0.25) is 0 Å². The van der Waals surface area contributed by atoms with Gasteiger partial charge in [0.25, 0.3) is 0 Å². The summed E-state index contributed by atoms with van der Waals surface area (Å²) in [7, 11) is 1.35. The summed E-state index contributed by atoms with van der Waals surface area (Å²) in [5.74, 6) is 3.27. The quantitative estimate of drug-likeness (QED) is 0.614. The number of carbonyl (C=O) groups is 1. The molecule has 1 fully saturated rings. The van der Waals surface area contributed by atoms with Gasteiger partial charge in [0.2, 0.25) is 5.76 Å². The molecule has 2 rings (SSSR count). The molecule has 1 saturated heterocycles. The summed E-state index contributed by atoms with van der Waals surface area (Å²) in [6, 6.07) is 3.64. The fourth-order valence-electron chi connectivity index (χ4n) is 2.41. The van der Waals surface area contributed by atoms with Crippen molar-refractivity contribution in [3.05, 3.63) is 23.7 Å². The molecule has 0 aromatic carbocycles. The lowest BCUT2D eigenvalue weighted by atomic mass is 10.2. The van der Waals surface area contributed by atoms with Crippen molar-refractivity contribution in [3.8, 4) is 12.3 Å². The summed E-state index contributed by atoms with van der Waals surface area (Å²) in [6.45, 7) is 6.58. The van der Waals surface area contributed by atoms with Crippen molar-refractivity contribution in [2.45, 2.75) is 13.0 Å². The van der Waals surface area contributed by atoms with Crippen molar-refractivity contribution in [3.63, 3.8) is 0 Å². The Hall–Kier alpha value is -1.77. The van der Waals surface area contributed by atoms with Gasteiger partial charge in [-0.3, -0.25) is 9.80 Å². The fourth-order valence-corrected chi connectivity index (χ4v) is 2.41. The highest BCUT2D eigenvalue weighted by Crippen LogP contribution is 2.23. The molecule has 0 N–H and O–H groups in total. The third kappa shape index (κ3) is 3.21. The molecule has 0 unspecified atom stereocenters. The number of methoxy groups -OCH3 is 1. The molecule has 1 aliphatic rings. The molecule has 108 valence electrons. The molecule has 1 atom stereocenters. The van der Waals surface area contributed by atoms with Crippen molar-refractivity contribution < 1.29 is 13.9 Å². The molecule has 1 aliphatic heterocycles. The maximum atomic E-state index is 11.4. The van der Waals surface area contributed by atoms with E-state index in [9.17, 15) is 4.79 Å². The van der Waals surface area contributed by atoms with Crippen LogP contribution in [0.3, 0.4) is 0 Å². The van der Waals surface area contributed by atoms with E-state index >= 15 is 0 Å². The Morgan fingerprint density at radius 2 is 2.15 bits per heavy atom. The van der Waals surface area contributed by atoms with Gasteiger partial charge >= 0.3 is 5.97 Å². The van der Waals surface area contributed by atoms with E-state index in [-0.39, 0.29) is 11.8 Å². The highest BCUT2D eigenvalue weighted by Gasteiger charge is 2.24. The fraction of sp³-hybridized carbons (Fsp3) is 0.533. The number of piperazine rings is 1. The van der Waals surface area contributed by atoms with Crippen LogP contribution in [-0.2, 0) is 4.74 Å². The second kappa shape index (κ2) is 6.60. The zero-order chi connectivity index (χ0) is 14.5. The second-order valence-corrected chi connectivity index (χ2v) is 4.89. The van der Waals surface area contributed by atoms with E-state index in [4.69, 9.17) is 10.8 Å². The Labute approximate surface area is 119 Å². The van der Waals surface area contributed by atoms with Gasteiger partial charge in [-0.2, -0.15) is 0 Å². The molecule has 0 radical (unpaired) electrons. The highest BCUT2D eigenvalue weighted by molar-refractivity contribution is 5.86. The molecule has 1 aromatic rings. The van der Waals surface area contributed by atoms with E-state index in [2.05, 4.69) is 27.4 Å². The molecule has 0 aliphatic carbocycles. The summed E-state index contributed by atoms with van der Waals surface area (Å²) < 4.78 is 10.2. The number of nitrogens with zero attached hydrogens (tertiary/aromatic N) is 2. The number of terminal acetylenes is 1. The molecule has 1 aromatic heterocycles. The molecule has 2 heterocycles. The third-order valence-corrected chi connectivity index (χ3v) is 3.69. The molecular formula is C15H20N2O3. The lowest BCUT2D eigenvalue weighted by Gasteiger charge is -2.36. The Balaban J connectivity index is 1.95. The molecule has 0 spiro atoms. The number of furan rings is 1. The first kappa shape index (κ1) is 14.6. The van der Waals surface area contributed by atoms with Gasteiger partial charge in [-0.25, -0.2) is 4.79 Å². The van der Waals surface area contributed by atoms with Crippen LogP contribution in [0.4, 0.5) is 0 Å². The van der Waals surface area contributed by atoms with E-state index in [0.717, 1.165) is 31.9 Å². The van der Waals surface area contributed by atoms with Crippen LogP contribution < -0.4 is 0 Å². The first-order valence-corrected chi connectivity index (χ1v) is 6.73. The molecule has 5 heteroatoms. The lowest BCUT2D eigenvalue weighted by Crippen LogP contribution is -2.47. The number of rotatable bonds is 4. The monoisotopic (exact) mass is 276 g/mol. The smallest absolute Gasteiger partial charge is 0.373 e. The van der Waals surface area contributed by atoms with Crippen molar-refractivity contribution in [1.29, 1.82) is 0 Å². The van der Waals surface area contributed by atoms with Gasteiger partial charge in [-0.15, -0.1) is 6.42 Å². The van der Waals surface area contributed by atoms with Crippen LogP contribution in [0.15, 0.2) is 16.5 Å². The minimum Gasteiger partial charge on any atom is -0.463 e. The SMILES string of the molecule is C#CCN1CCN([C@H](C)c2ccc(C(=O)OC)o2)CC1. The first-order chi connectivity index (χ1) is 9.65. The minimum atomic E-state index is -0.442. The van der Waals surface area contributed by atoms with Crippen LogP contribution >= 0.6 is 0 Å². The van der Waals surface area contributed by atoms with E-state index in [1.807, 2.05) is 6.07 Å². The average molecular weight is 276 g/mol. The lowest BCUT2D eigenvalue weighted by molar-refractivity contribution is 0.0554. The van der Waals surface area contributed by atoms with Gasteiger partial charge < -0.3 is 9.15 Å². The van der Waals surface area contributed by atoms with Gasteiger partial charge in [0.15, 0.2) is 0 Å². The number of esters is 1. The van der Waals surface area contributed by atoms with Crippen LogP contribution in [0.1, 0.15) is 29.3 Å². The Morgan fingerprint density at radius 3 is 2.75 bits per heavy atom.